The molecule has 0 saturated heterocycles. The fraction of sp³-hybridized carbons (Fsp3) is 0.0870. The van der Waals surface area contributed by atoms with Crippen molar-refractivity contribution in [3.05, 3.63) is 83.7 Å². The second-order valence-corrected chi connectivity index (χ2v) is 6.95. The van der Waals surface area contributed by atoms with E-state index in [1.807, 2.05) is 18.2 Å². The van der Waals surface area contributed by atoms with E-state index in [1.54, 1.807) is 48.8 Å². The van der Waals surface area contributed by atoms with Crippen molar-refractivity contribution >= 4 is 22.6 Å². The van der Waals surface area contributed by atoms with E-state index in [4.69, 9.17) is 11.1 Å². The van der Waals surface area contributed by atoms with E-state index in [-0.39, 0.29) is 17.5 Å². The van der Waals surface area contributed by atoms with Gasteiger partial charge in [-0.3, -0.25) is 15.2 Å². The highest BCUT2D eigenvalue weighted by Gasteiger charge is 2.10. The topological polar surface area (TPSA) is 128 Å². The van der Waals surface area contributed by atoms with E-state index >= 15 is 0 Å². The normalized spacial score (nSPS) is 10.8. The number of pyridine rings is 1. The summed E-state index contributed by atoms with van der Waals surface area (Å²) in [6, 6.07) is 16.1. The second-order valence-electron chi connectivity index (χ2n) is 6.95. The van der Waals surface area contributed by atoms with Gasteiger partial charge in [0.25, 0.3) is 5.91 Å². The van der Waals surface area contributed by atoms with Crippen LogP contribution >= 0.6 is 0 Å². The number of hydrogen-bond donors (Lipinski definition) is 5. The Morgan fingerprint density at radius 2 is 1.97 bits per heavy atom. The maximum Gasteiger partial charge on any atom is 0.251 e. The summed E-state index contributed by atoms with van der Waals surface area (Å²) in [5.41, 5.74) is 10.0. The number of hydrogen-bond acceptors (Lipinski definition) is 4. The van der Waals surface area contributed by atoms with Crippen molar-refractivity contribution < 1.29 is 9.90 Å². The summed E-state index contributed by atoms with van der Waals surface area (Å²) >= 11 is 0. The van der Waals surface area contributed by atoms with Gasteiger partial charge in [0.15, 0.2) is 0 Å². The molecule has 2 heterocycles. The summed E-state index contributed by atoms with van der Waals surface area (Å²) in [4.78, 5) is 19.7. The quantitative estimate of drug-likeness (QED) is 0.252. The molecule has 0 saturated carbocycles. The number of nitrogens with zero attached hydrogens (tertiary/aromatic N) is 1. The molecule has 2 aromatic heterocycles. The molecule has 150 valence electrons. The van der Waals surface area contributed by atoms with Crippen molar-refractivity contribution in [3.63, 3.8) is 0 Å². The van der Waals surface area contributed by atoms with Gasteiger partial charge in [0.05, 0.1) is 0 Å². The molecule has 2 aromatic carbocycles. The first-order valence-electron chi connectivity index (χ1n) is 9.50. The summed E-state index contributed by atoms with van der Waals surface area (Å²) in [5, 5.41) is 21.4. The van der Waals surface area contributed by atoms with Crippen molar-refractivity contribution in [1.82, 2.24) is 15.3 Å². The van der Waals surface area contributed by atoms with Gasteiger partial charge in [-0.2, -0.15) is 0 Å². The number of amidine groups is 1. The van der Waals surface area contributed by atoms with Crippen LogP contribution in [0.4, 0.5) is 0 Å². The molecule has 0 radical (unpaired) electrons. The van der Waals surface area contributed by atoms with E-state index in [2.05, 4.69) is 15.3 Å². The number of aromatic amines is 1. The third-order valence-corrected chi connectivity index (χ3v) is 4.94. The maximum atomic E-state index is 12.4. The number of fused-ring (bicyclic) bond motifs is 1. The Morgan fingerprint density at radius 3 is 2.70 bits per heavy atom. The number of aromatic nitrogens is 2. The van der Waals surface area contributed by atoms with E-state index in [1.165, 1.54) is 0 Å². The average Bonchev–Trinajstić information content (AvgIpc) is 3.18. The third kappa shape index (κ3) is 3.86. The van der Waals surface area contributed by atoms with Crippen molar-refractivity contribution in [2.45, 2.75) is 6.42 Å². The maximum absolute atomic E-state index is 12.4. The summed E-state index contributed by atoms with van der Waals surface area (Å²) in [7, 11) is 0. The first-order valence-corrected chi connectivity index (χ1v) is 9.50. The average molecular weight is 399 g/mol. The minimum absolute atomic E-state index is 0.0224. The number of nitrogens with two attached hydrogens (primary N) is 1. The largest absolute Gasteiger partial charge is 0.506 e. The van der Waals surface area contributed by atoms with Gasteiger partial charge in [0, 0.05) is 46.5 Å². The predicted molar refractivity (Wildman–Crippen MR) is 117 cm³/mol. The molecule has 0 aliphatic rings. The highest BCUT2D eigenvalue weighted by molar-refractivity contribution is 6.07. The molecule has 0 aliphatic carbocycles. The van der Waals surface area contributed by atoms with Crippen LogP contribution in [0.2, 0.25) is 0 Å². The summed E-state index contributed by atoms with van der Waals surface area (Å²) in [6.45, 7) is 0.479. The van der Waals surface area contributed by atoms with Crippen LogP contribution in [0.5, 0.6) is 5.75 Å². The number of amides is 1. The Bertz CT molecular complexity index is 1230. The molecular formula is C23H21N5O2. The van der Waals surface area contributed by atoms with Gasteiger partial charge in [0.1, 0.15) is 17.3 Å². The van der Waals surface area contributed by atoms with Crippen LogP contribution in [0.1, 0.15) is 21.5 Å². The number of rotatable bonds is 6. The van der Waals surface area contributed by atoms with E-state index in [0.29, 0.717) is 29.8 Å². The molecule has 0 fully saturated rings. The van der Waals surface area contributed by atoms with Crippen LogP contribution < -0.4 is 11.1 Å². The van der Waals surface area contributed by atoms with Crippen molar-refractivity contribution in [2.24, 2.45) is 5.73 Å². The smallest absolute Gasteiger partial charge is 0.251 e. The SMILES string of the molecule is N=C(N)c1c[nH]c2ccc(CCNC(=O)c3ccc(-c4ncccc4O)cc3)cc12. The zero-order valence-electron chi connectivity index (χ0n) is 16.1. The molecule has 0 unspecified atom stereocenters. The molecule has 7 heteroatoms. The number of carbonyl (C=O) groups is 1. The molecule has 0 bridgehead atoms. The van der Waals surface area contributed by atoms with Crippen molar-refractivity contribution in [3.8, 4) is 17.0 Å². The van der Waals surface area contributed by atoms with Gasteiger partial charge in [-0.25, -0.2) is 0 Å². The fourth-order valence-corrected chi connectivity index (χ4v) is 3.37. The monoisotopic (exact) mass is 399 g/mol. The minimum atomic E-state index is -0.168. The first kappa shape index (κ1) is 19.2. The zero-order valence-corrected chi connectivity index (χ0v) is 16.1. The molecule has 0 aliphatic heterocycles. The van der Waals surface area contributed by atoms with Gasteiger partial charge in [0.2, 0.25) is 0 Å². The van der Waals surface area contributed by atoms with Crippen LogP contribution in [0.3, 0.4) is 0 Å². The Balaban J connectivity index is 1.39. The molecule has 0 atom stereocenters. The molecule has 6 N–H and O–H groups in total. The number of carbonyl (C=O) groups excluding carboxylic acids is 1. The Morgan fingerprint density at radius 1 is 1.17 bits per heavy atom. The first-order chi connectivity index (χ1) is 14.5. The van der Waals surface area contributed by atoms with E-state index < -0.39 is 0 Å². The van der Waals surface area contributed by atoms with E-state index in [9.17, 15) is 9.90 Å². The molecule has 0 spiro atoms. The number of nitrogen functional groups attached to an aromatic ring is 1. The number of aromatic hydroxyl groups is 1. The van der Waals surface area contributed by atoms with E-state index in [0.717, 1.165) is 22.0 Å². The lowest BCUT2D eigenvalue weighted by Gasteiger charge is -2.08. The highest BCUT2D eigenvalue weighted by atomic mass is 16.3. The molecule has 1 amide bonds. The van der Waals surface area contributed by atoms with Gasteiger partial charge < -0.3 is 21.1 Å². The molecule has 7 nitrogen and oxygen atoms in total. The van der Waals surface area contributed by atoms with Gasteiger partial charge in [-0.1, -0.05) is 18.2 Å². The third-order valence-electron chi connectivity index (χ3n) is 4.94. The second kappa shape index (κ2) is 8.08. The minimum Gasteiger partial charge on any atom is -0.506 e. The van der Waals surface area contributed by atoms with Gasteiger partial charge in [-0.15, -0.1) is 0 Å². The Hall–Kier alpha value is -4.13. The zero-order chi connectivity index (χ0) is 21.1. The predicted octanol–water partition coefficient (Wildman–Crippen LogP) is 3.19. The lowest BCUT2D eigenvalue weighted by atomic mass is 10.1. The number of benzene rings is 2. The molecular weight excluding hydrogens is 378 g/mol. The van der Waals surface area contributed by atoms with Crippen LogP contribution in [-0.4, -0.2) is 33.4 Å². The fourth-order valence-electron chi connectivity index (χ4n) is 3.37. The van der Waals surface area contributed by atoms with Crippen LogP contribution in [0, 0.1) is 5.41 Å². The molecule has 30 heavy (non-hydrogen) atoms. The molecule has 4 rings (SSSR count). The van der Waals surface area contributed by atoms with Crippen molar-refractivity contribution in [2.75, 3.05) is 6.54 Å². The van der Waals surface area contributed by atoms with Crippen LogP contribution in [-0.2, 0) is 6.42 Å². The summed E-state index contributed by atoms with van der Waals surface area (Å²) in [6.07, 6.45) is 4.00. The highest BCUT2D eigenvalue weighted by Crippen LogP contribution is 2.26. The lowest BCUT2D eigenvalue weighted by Crippen LogP contribution is -2.25. The van der Waals surface area contributed by atoms with Gasteiger partial charge in [-0.05, 0) is 48.4 Å². The summed E-state index contributed by atoms with van der Waals surface area (Å²) < 4.78 is 0. The van der Waals surface area contributed by atoms with Crippen molar-refractivity contribution in [1.29, 1.82) is 5.41 Å². The Labute approximate surface area is 173 Å². The number of H-pyrrole nitrogens is 1. The van der Waals surface area contributed by atoms with Gasteiger partial charge >= 0.3 is 0 Å². The molecule has 4 aromatic rings. The lowest BCUT2D eigenvalue weighted by molar-refractivity contribution is 0.0954. The van der Waals surface area contributed by atoms with Crippen LogP contribution in [0.25, 0.3) is 22.2 Å². The van der Waals surface area contributed by atoms with Crippen LogP contribution in [0.15, 0.2) is 67.0 Å². The summed E-state index contributed by atoms with van der Waals surface area (Å²) in [5.74, 6) is -0.0462. The standard InChI is InChI=1S/C23H21N5O2/c24-22(25)18-13-28-19-8-3-14(12-17(18)19)9-11-27-23(30)16-6-4-15(5-7-16)21-20(29)2-1-10-26-21/h1-8,10,12-13,28-29H,9,11H2,(H3,24,25)(H,27,30). The number of nitrogens with one attached hydrogen (secondary N) is 3. The Kier molecular flexibility index (Phi) is 5.17.